The molecule has 0 aliphatic carbocycles. The zero-order chi connectivity index (χ0) is 5.15. The average Bonchev–Trinajstić information content (AvgIpc) is 1.36. The standard InChI is InChI=1S/C4H5O.Yb/c1-4(2)3-5;/h1H2,2H3;. The Balaban J connectivity index is 3.57. The van der Waals surface area contributed by atoms with E-state index >= 15 is 0 Å². The maximum atomic E-state index is 9.98. The average molecular weight is 242 g/mol. The van der Waals surface area contributed by atoms with Gasteiger partial charge in [-0.2, -0.15) is 0 Å². The molecule has 0 aromatic carbocycles. The SMILES string of the molecule is C=C(C)[C](=O)[Yb]. The van der Waals surface area contributed by atoms with Crippen LogP contribution < -0.4 is 0 Å². The van der Waals surface area contributed by atoms with Crippen molar-refractivity contribution in [1.29, 1.82) is 0 Å². The van der Waals surface area contributed by atoms with Crippen LogP contribution in [0.15, 0.2) is 12.2 Å². The predicted molar refractivity (Wildman–Crippen MR) is 19.8 cm³/mol. The summed E-state index contributed by atoms with van der Waals surface area (Å²) in [5.74, 6) is 0. The molecule has 0 fully saturated rings. The quantitative estimate of drug-likeness (QED) is 0.617. The van der Waals surface area contributed by atoms with E-state index in [4.69, 9.17) is 0 Å². The molecule has 0 atom stereocenters. The number of rotatable bonds is 1. The third-order valence-electron chi connectivity index (χ3n) is 0.288. The summed E-state index contributed by atoms with van der Waals surface area (Å²) in [6.45, 7) is 5.03. The second kappa shape index (κ2) is 3.00. The predicted octanol–water partition coefficient (Wildman–Crippen LogP) is 0.638. The Labute approximate surface area is 68.0 Å². The van der Waals surface area contributed by atoms with E-state index in [1.54, 1.807) is 6.92 Å². The molecule has 6 heavy (non-hydrogen) atoms. The number of allylic oxidation sites excluding steroid dienone is 1. The van der Waals surface area contributed by atoms with Crippen LogP contribution in [0.4, 0.5) is 0 Å². The third-order valence-corrected chi connectivity index (χ3v) is 1.02. The van der Waals surface area contributed by atoms with Gasteiger partial charge >= 0.3 is 69.1 Å². The first-order chi connectivity index (χ1) is 2.64. The van der Waals surface area contributed by atoms with Crippen LogP contribution in [-0.2, 0) is 4.79 Å². The molecular formula is C4H5OYb. The van der Waals surface area contributed by atoms with Crippen LogP contribution in [0.5, 0.6) is 0 Å². The van der Waals surface area contributed by atoms with E-state index < -0.39 is 0 Å². The molecule has 0 aliphatic heterocycles. The summed E-state index contributed by atoms with van der Waals surface area (Å²) in [5, 5.41) is 0. The molecule has 0 saturated carbocycles. The van der Waals surface area contributed by atoms with Crippen molar-refractivity contribution in [1.82, 2.24) is 0 Å². The first-order valence-corrected chi connectivity index (χ1v) is 2.30. The van der Waals surface area contributed by atoms with Crippen LogP contribution in [0, 0.1) is 44.6 Å². The van der Waals surface area contributed by atoms with E-state index in [0.717, 1.165) is 0 Å². The molecule has 0 amide bonds. The van der Waals surface area contributed by atoms with E-state index in [9.17, 15) is 4.79 Å². The molecule has 0 saturated heterocycles. The monoisotopic (exact) mass is 243 g/mol. The molecular weight excluding hydrogens is 237 g/mol. The maximum absolute atomic E-state index is 9.98. The van der Waals surface area contributed by atoms with Gasteiger partial charge in [-0.05, 0) is 0 Å². The van der Waals surface area contributed by atoms with Gasteiger partial charge in [0.2, 0.25) is 0 Å². The van der Waals surface area contributed by atoms with Crippen LogP contribution in [-0.4, -0.2) is 0.541 Å². The van der Waals surface area contributed by atoms with Gasteiger partial charge in [-0.15, -0.1) is 0 Å². The van der Waals surface area contributed by atoms with E-state index in [1.165, 1.54) is 0 Å². The van der Waals surface area contributed by atoms with Gasteiger partial charge < -0.3 is 0 Å². The van der Waals surface area contributed by atoms with Crippen LogP contribution in [0.3, 0.4) is 0 Å². The Bertz CT molecular complexity index is 73.5. The fourth-order valence-corrected chi connectivity index (χ4v) is 0. The van der Waals surface area contributed by atoms with E-state index in [0.29, 0.717) is 5.57 Å². The molecule has 0 bridgehead atoms. The number of carbonyl (C=O) groups is 1. The molecule has 0 aliphatic rings. The second-order valence-electron chi connectivity index (χ2n) is 1.00. The van der Waals surface area contributed by atoms with Crippen molar-refractivity contribution in [3.63, 3.8) is 0 Å². The summed E-state index contributed by atoms with van der Waals surface area (Å²) in [6, 6.07) is 0. The molecule has 0 rings (SSSR count). The second-order valence-corrected chi connectivity index (χ2v) is 1.78. The summed E-state index contributed by atoms with van der Waals surface area (Å²) in [5.41, 5.74) is 0.559. The molecule has 0 radical (unpaired) electrons. The molecule has 0 heterocycles. The number of hydrogen-bond acceptors (Lipinski definition) is 1. The van der Waals surface area contributed by atoms with Crippen LogP contribution in [0.25, 0.3) is 0 Å². The van der Waals surface area contributed by atoms with Gasteiger partial charge in [0, 0.05) is 0 Å². The minimum absolute atomic E-state index is 0.0741. The number of carbonyl (C=O) groups excluding carboxylic acids is 1. The molecule has 0 N–H and O–H groups in total. The molecule has 0 aromatic heterocycles. The fraction of sp³-hybridized carbons (Fsp3) is 0.250. The van der Waals surface area contributed by atoms with Gasteiger partial charge in [0.15, 0.2) is 0 Å². The summed E-state index contributed by atoms with van der Waals surface area (Å²) in [4.78, 5) is 9.98. The third kappa shape index (κ3) is 3.13. The van der Waals surface area contributed by atoms with Gasteiger partial charge in [-0.3, -0.25) is 0 Å². The molecule has 0 spiro atoms. The Morgan fingerprint density at radius 1 is 1.83 bits per heavy atom. The summed E-state index contributed by atoms with van der Waals surface area (Å²) < 4.78 is -0.0741. The van der Waals surface area contributed by atoms with Gasteiger partial charge in [-0.1, -0.05) is 0 Å². The zero-order valence-electron chi connectivity index (χ0n) is 3.38. The molecule has 0 unspecified atom stereocenters. The number of hydrogen-bond donors (Lipinski definition) is 0. The molecule has 2 heteroatoms. The van der Waals surface area contributed by atoms with Crippen molar-refractivity contribution in [2.45, 2.75) is 6.92 Å². The summed E-state index contributed by atoms with van der Waals surface area (Å²) in [6.07, 6.45) is 0. The minimum atomic E-state index is -0.0741. The first-order valence-electron chi connectivity index (χ1n) is 1.44. The van der Waals surface area contributed by atoms with E-state index in [-0.39, 0.29) is 0.541 Å². The van der Waals surface area contributed by atoms with Crippen LogP contribution in [0.2, 0.25) is 0 Å². The first kappa shape index (κ1) is 6.93. The van der Waals surface area contributed by atoms with Crippen LogP contribution >= 0.6 is 0 Å². The Morgan fingerprint density at radius 2 is 2.00 bits per heavy atom. The zero-order valence-corrected chi connectivity index (χ0v) is 5.10. The summed E-state index contributed by atoms with van der Waals surface area (Å²) in [7, 11) is 0. The molecule has 0 aromatic rings. The fourth-order valence-electron chi connectivity index (χ4n) is 0. The van der Waals surface area contributed by atoms with Gasteiger partial charge in [-0.25, -0.2) is 0 Å². The van der Waals surface area contributed by atoms with Gasteiger partial charge in [0.05, 0.1) is 0 Å². The van der Waals surface area contributed by atoms with Crippen molar-refractivity contribution in [2.75, 3.05) is 0 Å². The van der Waals surface area contributed by atoms with Gasteiger partial charge in [0.25, 0.3) is 0 Å². The van der Waals surface area contributed by atoms with Crippen molar-refractivity contribution in [3.05, 3.63) is 12.2 Å². The van der Waals surface area contributed by atoms with E-state index in [1.807, 2.05) is 0 Å². The molecule has 1 nitrogen and oxygen atoms in total. The summed E-state index contributed by atoms with van der Waals surface area (Å²) >= 11 is 2.39. The Hall–Kier alpha value is 0.929. The van der Waals surface area contributed by atoms with Crippen molar-refractivity contribution in [2.24, 2.45) is 0 Å². The van der Waals surface area contributed by atoms with E-state index in [2.05, 4.69) is 51.2 Å². The van der Waals surface area contributed by atoms with Crippen molar-refractivity contribution < 1.29 is 49.4 Å². The van der Waals surface area contributed by atoms with Crippen molar-refractivity contribution in [3.8, 4) is 0 Å². The normalized spacial score (nSPS) is 7.83. The topological polar surface area (TPSA) is 17.1 Å². The van der Waals surface area contributed by atoms with Crippen LogP contribution in [0.1, 0.15) is 6.92 Å². The van der Waals surface area contributed by atoms with Gasteiger partial charge in [0.1, 0.15) is 0 Å². The Morgan fingerprint density at radius 3 is 2.00 bits per heavy atom. The Kier molecular flexibility index (Phi) is 3.47. The van der Waals surface area contributed by atoms with Crippen molar-refractivity contribution >= 4 is 0.541 Å². The molecule has 41 valence electrons.